The number of aromatic nitrogens is 1. The maximum atomic E-state index is 4.96. The minimum Gasteiger partial charge on any atom is -0.310 e. The van der Waals surface area contributed by atoms with E-state index in [9.17, 15) is 0 Å². The first kappa shape index (κ1) is 15.3. The van der Waals surface area contributed by atoms with Gasteiger partial charge in [0.25, 0.3) is 0 Å². The van der Waals surface area contributed by atoms with E-state index in [0.717, 1.165) is 13.0 Å². The van der Waals surface area contributed by atoms with E-state index < -0.39 is 0 Å². The third-order valence-corrected chi connectivity index (χ3v) is 6.15. The molecule has 0 spiro atoms. The Labute approximate surface area is 125 Å². The third-order valence-electron chi connectivity index (χ3n) is 3.41. The molecule has 0 radical (unpaired) electrons. The van der Waals surface area contributed by atoms with Crippen LogP contribution in [0.25, 0.3) is 0 Å². The van der Waals surface area contributed by atoms with E-state index in [-0.39, 0.29) is 0 Å². The predicted molar refractivity (Wildman–Crippen MR) is 87.1 cm³/mol. The number of thioether (sulfide) groups is 1. The Morgan fingerprint density at radius 2 is 2.21 bits per heavy atom. The lowest BCUT2D eigenvalue weighted by Crippen LogP contribution is -2.21. The summed E-state index contributed by atoms with van der Waals surface area (Å²) in [5.41, 5.74) is 1.35. The summed E-state index contributed by atoms with van der Waals surface area (Å²) in [6, 6.07) is 0.545. The van der Waals surface area contributed by atoms with Crippen molar-refractivity contribution in [2.45, 2.75) is 70.7 Å². The monoisotopic (exact) mass is 298 g/mol. The summed E-state index contributed by atoms with van der Waals surface area (Å²) >= 11 is 4.06. The van der Waals surface area contributed by atoms with Crippen LogP contribution in [0, 0.1) is 0 Å². The molecule has 1 atom stereocenters. The molecular formula is C15H26N2S2. The van der Waals surface area contributed by atoms with Crippen LogP contribution in [0.2, 0.25) is 0 Å². The van der Waals surface area contributed by atoms with Gasteiger partial charge in [-0.05, 0) is 25.0 Å². The maximum Gasteiger partial charge on any atom is 0.106 e. The second-order valence-electron chi connectivity index (χ2n) is 5.56. The molecule has 1 aromatic heterocycles. The second-order valence-corrected chi connectivity index (χ2v) is 7.99. The standard InChI is InChI=1S/C15H26N2S2/c1-4-7-12-14(10-16-11(2)3)19-15(17-12)13-8-5-6-9-18-13/h11,13,16H,4-10H2,1-3H3. The zero-order valence-electron chi connectivity index (χ0n) is 12.4. The van der Waals surface area contributed by atoms with Crippen molar-refractivity contribution in [3.8, 4) is 0 Å². The number of hydrogen-bond acceptors (Lipinski definition) is 4. The molecule has 1 N–H and O–H groups in total. The lowest BCUT2D eigenvalue weighted by atomic mass is 10.2. The average molecular weight is 299 g/mol. The molecule has 1 unspecified atom stereocenters. The smallest absolute Gasteiger partial charge is 0.106 e. The van der Waals surface area contributed by atoms with Crippen molar-refractivity contribution in [3.63, 3.8) is 0 Å². The SMILES string of the molecule is CCCc1nc(C2CCCCS2)sc1CNC(C)C. The number of nitrogens with one attached hydrogen (secondary N) is 1. The van der Waals surface area contributed by atoms with Crippen LogP contribution in [-0.2, 0) is 13.0 Å². The Bertz CT molecular complexity index is 381. The fourth-order valence-electron chi connectivity index (χ4n) is 2.34. The van der Waals surface area contributed by atoms with Gasteiger partial charge < -0.3 is 5.32 Å². The molecule has 1 saturated heterocycles. The van der Waals surface area contributed by atoms with Gasteiger partial charge in [0.1, 0.15) is 5.01 Å². The molecule has 1 aliphatic heterocycles. The van der Waals surface area contributed by atoms with Gasteiger partial charge in [-0.3, -0.25) is 0 Å². The molecule has 2 heterocycles. The Hall–Kier alpha value is -0.0600. The minimum absolute atomic E-state index is 0.545. The van der Waals surface area contributed by atoms with Crippen LogP contribution in [0.5, 0.6) is 0 Å². The van der Waals surface area contributed by atoms with Crippen LogP contribution in [0.3, 0.4) is 0 Å². The van der Waals surface area contributed by atoms with Crippen LogP contribution in [-0.4, -0.2) is 16.8 Å². The molecule has 0 amide bonds. The normalized spacial score (nSPS) is 20.1. The fraction of sp³-hybridized carbons (Fsp3) is 0.800. The molecule has 2 rings (SSSR count). The molecule has 19 heavy (non-hydrogen) atoms. The van der Waals surface area contributed by atoms with Crippen molar-refractivity contribution < 1.29 is 0 Å². The largest absolute Gasteiger partial charge is 0.310 e. The van der Waals surface area contributed by atoms with Crippen molar-refractivity contribution >= 4 is 23.1 Å². The van der Waals surface area contributed by atoms with Gasteiger partial charge in [-0.2, -0.15) is 11.8 Å². The topological polar surface area (TPSA) is 24.9 Å². The number of thiazole rings is 1. The first-order valence-corrected chi connectivity index (χ1v) is 9.40. The zero-order chi connectivity index (χ0) is 13.7. The highest BCUT2D eigenvalue weighted by Crippen LogP contribution is 2.40. The van der Waals surface area contributed by atoms with Gasteiger partial charge in [-0.25, -0.2) is 4.98 Å². The summed E-state index contributed by atoms with van der Waals surface area (Å²) in [7, 11) is 0. The highest BCUT2D eigenvalue weighted by atomic mass is 32.2. The quantitative estimate of drug-likeness (QED) is 0.834. The number of hydrogen-bond donors (Lipinski definition) is 1. The van der Waals surface area contributed by atoms with Crippen molar-refractivity contribution in [2.24, 2.45) is 0 Å². The molecule has 1 aromatic rings. The van der Waals surface area contributed by atoms with E-state index in [1.165, 1.54) is 47.0 Å². The summed E-state index contributed by atoms with van der Waals surface area (Å²) in [5.74, 6) is 1.31. The van der Waals surface area contributed by atoms with Gasteiger partial charge in [-0.1, -0.05) is 33.6 Å². The molecule has 2 nitrogen and oxygen atoms in total. The minimum atomic E-state index is 0.545. The summed E-state index contributed by atoms with van der Waals surface area (Å²) in [6.07, 6.45) is 6.40. The molecular weight excluding hydrogens is 272 g/mol. The highest BCUT2D eigenvalue weighted by molar-refractivity contribution is 7.99. The van der Waals surface area contributed by atoms with Gasteiger partial charge in [0, 0.05) is 17.5 Å². The van der Waals surface area contributed by atoms with E-state index in [1.807, 2.05) is 11.3 Å². The molecule has 0 bridgehead atoms. The molecule has 0 aromatic carbocycles. The Kier molecular flexibility index (Phi) is 6.17. The Morgan fingerprint density at radius 3 is 2.84 bits per heavy atom. The molecule has 0 aliphatic carbocycles. The highest BCUT2D eigenvalue weighted by Gasteiger charge is 2.21. The zero-order valence-corrected chi connectivity index (χ0v) is 14.0. The third kappa shape index (κ3) is 4.47. The van der Waals surface area contributed by atoms with Gasteiger partial charge in [0.2, 0.25) is 0 Å². The molecule has 108 valence electrons. The average Bonchev–Trinajstić information content (AvgIpc) is 2.81. The summed E-state index contributed by atoms with van der Waals surface area (Å²) in [6.45, 7) is 7.65. The van der Waals surface area contributed by atoms with Crippen LogP contribution >= 0.6 is 23.1 Å². The Balaban J connectivity index is 2.08. The predicted octanol–water partition coefficient (Wildman–Crippen LogP) is 4.55. The van der Waals surface area contributed by atoms with Crippen LogP contribution in [0.15, 0.2) is 0 Å². The summed E-state index contributed by atoms with van der Waals surface area (Å²) in [5, 5.41) is 5.59. The molecule has 4 heteroatoms. The van der Waals surface area contributed by atoms with Crippen LogP contribution in [0.1, 0.15) is 67.3 Å². The number of rotatable bonds is 6. The molecule has 1 fully saturated rings. The number of aryl methyl sites for hydroxylation is 1. The summed E-state index contributed by atoms with van der Waals surface area (Å²) < 4.78 is 0. The van der Waals surface area contributed by atoms with Crippen LogP contribution < -0.4 is 5.32 Å². The molecule has 0 saturated carbocycles. The van der Waals surface area contributed by atoms with Crippen molar-refractivity contribution in [1.82, 2.24) is 10.3 Å². The van der Waals surface area contributed by atoms with Crippen LogP contribution in [0.4, 0.5) is 0 Å². The van der Waals surface area contributed by atoms with E-state index in [2.05, 4.69) is 37.8 Å². The molecule has 1 aliphatic rings. The van der Waals surface area contributed by atoms with Crippen molar-refractivity contribution in [3.05, 3.63) is 15.6 Å². The lowest BCUT2D eigenvalue weighted by Gasteiger charge is -2.18. The van der Waals surface area contributed by atoms with Gasteiger partial charge >= 0.3 is 0 Å². The Morgan fingerprint density at radius 1 is 1.37 bits per heavy atom. The lowest BCUT2D eigenvalue weighted by molar-refractivity contribution is 0.589. The maximum absolute atomic E-state index is 4.96. The fourth-order valence-corrected chi connectivity index (χ4v) is 4.95. The number of nitrogens with zero attached hydrogens (tertiary/aromatic N) is 1. The summed E-state index contributed by atoms with van der Waals surface area (Å²) in [4.78, 5) is 6.43. The van der Waals surface area contributed by atoms with Gasteiger partial charge in [-0.15, -0.1) is 11.3 Å². The van der Waals surface area contributed by atoms with E-state index >= 15 is 0 Å². The first-order valence-electron chi connectivity index (χ1n) is 7.54. The van der Waals surface area contributed by atoms with Gasteiger partial charge in [0.05, 0.1) is 10.9 Å². The van der Waals surface area contributed by atoms with Crippen molar-refractivity contribution in [1.29, 1.82) is 0 Å². The van der Waals surface area contributed by atoms with E-state index in [1.54, 1.807) is 0 Å². The van der Waals surface area contributed by atoms with E-state index in [4.69, 9.17) is 4.98 Å². The second kappa shape index (κ2) is 7.65. The van der Waals surface area contributed by atoms with Crippen molar-refractivity contribution in [2.75, 3.05) is 5.75 Å². The first-order chi connectivity index (χ1) is 9.20. The van der Waals surface area contributed by atoms with E-state index in [0.29, 0.717) is 11.3 Å². The van der Waals surface area contributed by atoms with Gasteiger partial charge in [0.15, 0.2) is 0 Å².